The van der Waals surface area contributed by atoms with Crippen LogP contribution in [0.25, 0.3) is 11.4 Å². The molecule has 2 aromatic heterocycles. The van der Waals surface area contributed by atoms with Gasteiger partial charge in [-0.25, -0.2) is 4.98 Å². The van der Waals surface area contributed by atoms with E-state index in [1.165, 1.54) is 4.90 Å². The van der Waals surface area contributed by atoms with E-state index in [4.69, 9.17) is 11.6 Å². The molecule has 1 atom stereocenters. The molecule has 1 saturated heterocycles. The third kappa shape index (κ3) is 4.10. The van der Waals surface area contributed by atoms with Crippen LogP contribution >= 0.6 is 11.6 Å². The molecule has 1 unspecified atom stereocenters. The highest BCUT2D eigenvalue weighted by atomic mass is 35.5. The number of carbonyl (C=O) groups is 2. The van der Waals surface area contributed by atoms with Crippen molar-refractivity contribution in [2.45, 2.75) is 33.7 Å². The molecule has 0 aliphatic carbocycles. The molecule has 0 saturated carbocycles. The summed E-state index contributed by atoms with van der Waals surface area (Å²) in [7, 11) is 0. The average molecular weight is 481 g/mol. The smallest absolute Gasteiger partial charge is 0.295 e. The number of Topliss-reactive ketones (excluding diaryl/α,β-unsaturated/α-hetero) is 1. The van der Waals surface area contributed by atoms with Crippen LogP contribution in [0.3, 0.4) is 0 Å². The Morgan fingerprint density at radius 3 is 2.53 bits per heavy atom. The van der Waals surface area contributed by atoms with Crippen molar-refractivity contribution in [1.29, 1.82) is 0 Å². The number of hydrogen-bond acceptors (Lipinski definition) is 5. The van der Waals surface area contributed by atoms with Crippen molar-refractivity contribution in [2.75, 3.05) is 26.2 Å². The minimum atomic E-state index is -0.750. The van der Waals surface area contributed by atoms with E-state index in [1.807, 2.05) is 42.6 Å². The van der Waals surface area contributed by atoms with Crippen molar-refractivity contribution in [2.24, 2.45) is 0 Å². The Morgan fingerprint density at radius 2 is 1.88 bits per heavy atom. The molecule has 3 heterocycles. The summed E-state index contributed by atoms with van der Waals surface area (Å²) in [6, 6.07) is 10.2. The Kier molecular flexibility index (Phi) is 6.77. The summed E-state index contributed by atoms with van der Waals surface area (Å²) >= 11 is 6.27. The quantitative estimate of drug-likeness (QED) is 0.308. The zero-order chi connectivity index (χ0) is 24.6. The summed E-state index contributed by atoms with van der Waals surface area (Å²) in [5.41, 5.74) is 3.33. The lowest BCUT2D eigenvalue weighted by molar-refractivity contribution is -0.140. The number of hydrogen-bond donors (Lipinski definition) is 1. The minimum Gasteiger partial charge on any atom is -0.505 e. The first-order valence-electron chi connectivity index (χ1n) is 11.5. The molecule has 1 aliphatic rings. The van der Waals surface area contributed by atoms with E-state index in [-0.39, 0.29) is 11.3 Å². The summed E-state index contributed by atoms with van der Waals surface area (Å²) in [5, 5.41) is 11.9. The number of likely N-dealkylation sites (tertiary alicyclic amines) is 1. The highest BCUT2D eigenvalue weighted by molar-refractivity contribution is 6.46. The molecular formula is C26H29ClN4O3. The lowest BCUT2D eigenvalue weighted by Crippen LogP contribution is -2.38. The number of amides is 1. The van der Waals surface area contributed by atoms with E-state index in [0.717, 1.165) is 18.7 Å². The van der Waals surface area contributed by atoms with E-state index < -0.39 is 17.7 Å². The van der Waals surface area contributed by atoms with Gasteiger partial charge >= 0.3 is 0 Å². The molecule has 1 fully saturated rings. The van der Waals surface area contributed by atoms with Crippen molar-refractivity contribution in [3.05, 3.63) is 75.7 Å². The maximum absolute atomic E-state index is 13.3. The Morgan fingerprint density at radius 1 is 1.15 bits per heavy atom. The Balaban J connectivity index is 1.88. The van der Waals surface area contributed by atoms with Gasteiger partial charge in [0.1, 0.15) is 11.3 Å². The van der Waals surface area contributed by atoms with Gasteiger partial charge in [-0.3, -0.25) is 9.59 Å². The van der Waals surface area contributed by atoms with E-state index in [0.29, 0.717) is 40.7 Å². The number of aryl methyl sites for hydroxylation is 2. The van der Waals surface area contributed by atoms with Gasteiger partial charge in [0.25, 0.3) is 11.7 Å². The van der Waals surface area contributed by atoms with Gasteiger partial charge in [-0.2, -0.15) is 0 Å². The first-order valence-corrected chi connectivity index (χ1v) is 11.9. The van der Waals surface area contributed by atoms with Crippen molar-refractivity contribution in [1.82, 2.24) is 19.2 Å². The number of aromatic nitrogens is 2. The first-order chi connectivity index (χ1) is 16.3. The van der Waals surface area contributed by atoms with Crippen molar-refractivity contribution >= 4 is 34.7 Å². The fourth-order valence-corrected chi connectivity index (χ4v) is 4.80. The lowest BCUT2D eigenvalue weighted by atomic mass is 9.96. The molecular weight excluding hydrogens is 452 g/mol. The van der Waals surface area contributed by atoms with Crippen LogP contribution in [0.1, 0.15) is 42.4 Å². The van der Waals surface area contributed by atoms with Crippen LogP contribution in [-0.4, -0.2) is 62.2 Å². The number of likely N-dealkylation sites (N-methyl/N-ethyl adjacent to an activating group) is 1. The number of carbonyl (C=O) groups excluding carboxylic acids is 2. The molecule has 4 rings (SSSR count). The summed E-state index contributed by atoms with van der Waals surface area (Å²) in [4.78, 5) is 34.8. The SMILES string of the molecule is CCN(CC)CCN1C(=O)C(=O)/C(=C(/O)c2nc3c(C)cccn3c2C)C1c1cccc(Cl)c1. The largest absolute Gasteiger partial charge is 0.505 e. The second-order valence-corrected chi connectivity index (χ2v) is 8.94. The zero-order valence-corrected chi connectivity index (χ0v) is 20.6. The molecule has 8 heteroatoms. The van der Waals surface area contributed by atoms with E-state index in [9.17, 15) is 14.7 Å². The molecule has 0 spiro atoms. The van der Waals surface area contributed by atoms with Crippen LogP contribution in [0.15, 0.2) is 48.2 Å². The van der Waals surface area contributed by atoms with Crippen molar-refractivity contribution < 1.29 is 14.7 Å². The molecule has 0 bridgehead atoms. The molecule has 7 nitrogen and oxygen atoms in total. The highest BCUT2D eigenvalue weighted by Gasteiger charge is 2.46. The van der Waals surface area contributed by atoms with Crippen LogP contribution < -0.4 is 0 Å². The second kappa shape index (κ2) is 9.60. The van der Waals surface area contributed by atoms with Gasteiger partial charge in [0.2, 0.25) is 0 Å². The number of fused-ring (bicyclic) bond motifs is 1. The molecule has 1 amide bonds. The number of ketones is 1. The summed E-state index contributed by atoms with van der Waals surface area (Å²) in [6.07, 6.45) is 1.86. The van der Waals surface area contributed by atoms with Gasteiger partial charge in [-0.15, -0.1) is 0 Å². The van der Waals surface area contributed by atoms with Gasteiger partial charge in [0.15, 0.2) is 5.76 Å². The Bertz CT molecular complexity index is 1290. The van der Waals surface area contributed by atoms with Gasteiger partial charge < -0.3 is 19.3 Å². The number of halogens is 1. The van der Waals surface area contributed by atoms with Crippen molar-refractivity contribution in [3.8, 4) is 0 Å². The first kappa shape index (κ1) is 24.0. The number of rotatable bonds is 7. The topological polar surface area (TPSA) is 78.2 Å². The summed E-state index contributed by atoms with van der Waals surface area (Å²) in [6.45, 7) is 10.5. The fraction of sp³-hybridized carbons (Fsp3) is 0.346. The monoisotopic (exact) mass is 480 g/mol. The van der Waals surface area contributed by atoms with Gasteiger partial charge in [0, 0.05) is 24.3 Å². The Hall–Kier alpha value is -3.16. The van der Waals surface area contributed by atoms with E-state index in [2.05, 4.69) is 23.7 Å². The number of benzene rings is 1. The number of imidazole rings is 1. The maximum Gasteiger partial charge on any atom is 0.295 e. The van der Waals surface area contributed by atoms with Crippen molar-refractivity contribution in [3.63, 3.8) is 0 Å². The molecule has 0 radical (unpaired) electrons. The molecule has 178 valence electrons. The van der Waals surface area contributed by atoms with Crippen LogP contribution in [-0.2, 0) is 9.59 Å². The standard InChI is InChI=1S/C26H29ClN4O3/c1-5-29(6-2)13-14-31-22(18-10-7-11-19(27)15-18)20(24(33)26(31)34)23(32)21-17(4)30-12-8-9-16(3)25(30)28-21/h7-12,15,22,32H,5-6,13-14H2,1-4H3/b23-20+. The van der Waals surface area contributed by atoms with E-state index >= 15 is 0 Å². The summed E-state index contributed by atoms with van der Waals surface area (Å²) in [5.74, 6) is -1.61. The predicted molar refractivity (Wildman–Crippen MR) is 133 cm³/mol. The van der Waals surface area contributed by atoms with Crippen LogP contribution in [0.4, 0.5) is 0 Å². The molecule has 1 aromatic carbocycles. The fourth-order valence-electron chi connectivity index (χ4n) is 4.60. The second-order valence-electron chi connectivity index (χ2n) is 8.51. The van der Waals surface area contributed by atoms with Gasteiger partial charge in [-0.05, 0) is 56.3 Å². The predicted octanol–water partition coefficient (Wildman–Crippen LogP) is 4.37. The minimum absolute atomic E-state index is 0.0379. The molecule has 34 heavy (non-hydrogen) atoms. The third-order valence-electron chi connectivity index (χ3n) is 6.56. The average Bonchev–Trinajstić information content (AvgIpc) is 3.29. The van der Waals surface area contributed by atoms with Crippen LogP contribution in [0.5, 0.6) is 0 Å². The van der Waals surface area contributed by atoms with Gasteiger partial charge in [0.05, 0.1) is 17.3 Å². The number of aliphatic hydroxyl groups excluding tert-OH is 1. The van der Waals surface area contributed by atoms with Crippen LogP contribution in [0.2, 0.25) is 5.02 Å². The normalized spacial score (nSPS) is 17.9. The highest BCUT2D eigenvalue weighted by Crippen LogP contribution is 2.40. The summed E-state index contributed by atoms with van der Waals surface area (Å²) < 4.78 is 1.87. The molecule has 3 aromatic rings. The number of aliphatic hydroxyl groups is 1. The number of pyridine rings is 1. The van der Waals surface area contributed by atoms with Gasteiger partial charge in [-0.1, -0.05) is 43.6 Å². The van der Waals surface area contributed by atoms with Crippen LogP contribution in [0, 0.1) is 13.8 Å². The zero-order valence-electron chi connectivity index (χ0n) is 19.9. The maximum atomic E-state index is 13.3. The third-order valence-corrected chi connectivity index (χ3v) is 6.80. The number of nitrogens with zero attached hydrogens (tertiary/aromatic N) is 4. The van der Waals surface area contributed by atoms with E-state index in [1.54, 1.807) is 18.2 Å². The Labute approximate surface area is 204 Å². The molecule has 1 N–H and O–H groups in total. The molecule has 1 aliphatic heterocycles. The lowest BCUT2D eigenvalue weighted by Gasteiger charge is -2.28.